The van der Waals surface area contributed by atoms with Crippen LogP contribution in [0.15, 0.2) is 35.6 Å². The molecule has 27 heavy (non-hydrogen) atoms. The number of nitrogens with zero attached hydrogens (tertiary/aromatic N) is 3. The average molecular weight is 378 g/mol. The second kappa shape index (κ2) is 7.65. The van der Waals surface area contributed by atoms with Gasteiger partial charge >= 0.3 is 6.61 Å². The number of halogens is 2. The molecule has 0 saturated carbocycles. The lowest BCUT2D eigenvalue weighted by atomic mass is 10.1. The molecule has 144 valence electrons. The van der Waals surface area contributed by atoms with Gasteiger partial charge in [0, 0.05) is 30.4 Å². The standard InChI is InChI=1S/C18H20F2N4O3/c1-10-9-24(17(23-10)11-4-13(25-2)8-22-7-11)14-5-12(27-18(19)20)6-15(26-3)16(14)21/h4-8,10,18H,9,21H2,1-3H3. The van der Waals surface area contributed by atoms with E-state index < -0.39 is 6.61 Å². The molecule has 0 fully saturated rings. The van der Waals surface area contributed by atoms with Gasteiger partial charge in [0.25, 0.3) is 0 Å². The molecule has 7 nitrogen and oxygen atoms in total. The van der Waals surface area contributed by atoms with Gasteiger partial charge in [0.05, 0.1) is 37.8 Å². The van der Waals surface area contributed by atoms with Crippen molar-refractivity contribution in [2.45, 2.75) is 19.6 Å². The van der Waals surface area contributed by atoms with Crippen molar-refractivity contribution in [3.05, 3.63) is 36.2 Å². The molecule has 9 heteroatoms. The Balaban J connectivity index is 2.07. The number of hydrogen-bond acceptors (Lipinski definition) is 7. The Bertz CT molecular complexity index is 860. The Kier molecular flexibility index (Phi) is 5.29. The Morgan fingerprint density at radius 1 is 1.15 bits per heavy atom. The van der Waals surface area contributed by atoms with Crippen LogP contribution in [-0.2, 0) is 0 Å². The van der Waals surface area contributed by atoms with E-state index in [1.54, 1.807) is 25.6 Å². The molecule has 1 aromatic carbocycles. The SMILES string of the molecule is COc1cncc(C2=NC(C)CN2c2cc(OC(F)F)cc(OC)c2N)c1. The number of rotatable bonds is 6. The van der Waals surface area contributed by atoms with Gasteiger partial charge < -0.3 is 24.8 Å². The molecule has 2 heterocycles. The van der Waals surface area contributed by atoms with Crippen LogP contribution >= 0.6 is 0 Å². The molecule has 1 aliphatic rings. The zero-order valence-corrected chi connectivity index (χ0v) is 15.1. The molecule has 0 spiro atoms. The van der Waals surface area contributed by atoms with Gasteiger partial charge in [0.15, 0.2) is 0 Å². The lowest BCUT2D eigenvalue weighted by molar-refractivity contribution is -0.0498. The molecule has 2 aromatic rings. The maximum atomic E-state index is 12.7. The van der Waals surface area contributed by atoms with Crippen LogP contribution in [0.25, 0.3) is 0 Å². The number of amidine groups is 1. The monoisotopic (exact) mass is 378 g/mol. The second-order valence-electron chi connectivity index (χ2n) is 5.96. The summed E-state index contributed by atoms with van der Waals surface area (Å²) in [5, 5.41) is 0. The molecule has 0 amide bonds. The van der Waals surface area contributed by atoms with Gasteiger partial charge in [-0.3, -0.25) is 9.98 Å². The third-order valence-corrected chi connectivity index (χ3v) is 4.08. The fourth-order valence-electron chi connectivity index (χ4n) is 2.92. The highest BCUT2D eigenvalue weighted by Gasteiger charge is 2.28. The van der Waals surface area contributed by atoms with E-state index in [1.165, 1.54) is 19.2 Å². The Morgan fingerprint density at radius 3 is 2.59 bits per heavy atom. The summed E-state index contributed by atoms with van der Waals surface area (Å²) in [4.78, 5) is 10.6. The van der Waals surface area contributed by atoms with Gasteiger partial charge in [0.1, 0.15) is 23.1 Å². The van der Waals surface area contributed by atoms with Crippen LogP contribution in [0, 0.1) is 0 Å². The zero-order valence-electron chi connectivity index (χ0n) is 15.1. The van der Waals surface area contributed by atoms with E-state index in [0.717, 1.165) is 5.56 Å². The van der Waals surface area contributed by atoms with E-state index in [0.29, 0.717) is 29.5 Å². The molecule has 1 unspecified atom stereocenters. The van der Waals surface area contributed by atoms with E-state index in [-0.39, 0.29) is 17.5 Å². The first-order valence-electron chi connectivity index (χ1n) is 8.20. The number of nitrogen functional groups attached to an aromatic ring is 1. The van der Waals surface area contributed by atoms with Crippen molar-refractivity contribution in [1.82, 2.24) is 4.98 Å². The molecule has 1 aromatic heterocycles. The zero-order chi connectivity index (χ0) is 19.6. The normalized spacial score (nSPS) is 16.4. The number of alkyl halides is 2. The van der Waals surface area contributed by atoms with Gasteiger partial charge in [-0.1, -0.05) is 0 Å². The summed E-state index contributed by atoms with van der Waals surface area (Å²) in [6, 6.07) is 4.54. The second-order valence-corrected chi connectivity index (χ2v) is 5.96. The number of pyridine rings is 1. The van der Waals surface area contributed by atoms with Crippen LogP contribution in [0.5, 0.6) is 17.2 Å². The van der Waals surface area contributed by atoms with Crippen LogP contribution in [0.3, 0.4) is 0 Å². The summed E-state index contributed by atoms with van der Waals surface area (Å²) < 4.78 is 40.4. The van der Waals surface area contributed by atoms with E-state index in [2.05, 4.69) is 14.7 Å². The number of nitrogens with two attached hydrogens (primary N) is 1. The van der Waals surface area contributed by atoms with Crippen LogP contribution in [0.1, 0.15) is 12.5 Å². The molecule has 1 atom stereocenters. The minimum Gasteiger partial charge on any atom is -0.495 e. The van der Waals surface area contributed by atoms with Crippen molar-refractivity contribution in [2.75, 3.05) is 31.4 Å². The minimum atomic E-state index is -2.96. The summed E-state index contributed by atoms with van der Waals surface area (Å²) in [5.41, 5.74) is 7.70. The summed E-state index contributed by atoms with van der Waals surface area (Å²) in [6.45, 7) is -0.502. The van der Waals surface area contributed by atoms with Gasteiger partial charge in [0.2, 0.25) is 0 Å². The topological polar surface area (TPSA) is 82.2 Å². The maximum absolute atomic E-state index is 12.7. The van der Waals surface area contributed by atoms with Gasteiger partial charge in [-0.15, -0.1) is 0 Å². The fraction of sp³-hybridized carbons (Fsp3) is 0.333. The first-order chi connectivity index (χ1) is 12.9. The van der Waals surface area contributed by atoms with E-state index in [1.807, 2.05) is 11.8 Å². The highest BCUT2D eigenvalue weighted by atomic mass is 19.3. The lowest BCUT2D eigenvalue weighted by Gasteiger charge is -2.24. The molecular weight excluding hydrogens is 358 g/mol. The Labute approximate surface area is 155 Å². The number of hydrogen-bond donors (Lipinski definition) is 1. The maximum Gasteiger partial charge on any atom is 0.387 e. The first-order valence-corrected chi connectivity index (χ1v) is 8.20. The molecule has 1 aliphatic heterocycles. The molecule has 3 rings (SSSR count). The van der Waals surface area contributed by atoms with Gasteiger partial charge in [-0.2, -0.15) is 8.78 Å². The number of anilines is 2. The van der Waals surface area contributed by atoms with Gasteiger partial charge in [-0.05, 0) is 13.0 Å². The van der Waals surface area contributed by atoms with Crippen molar-refractivity contribution < 1.29 is 23.0 Å². The van der Waals surface area contributed by atoms with Crippen molar-refractivity contribution >= 4 is 17.2 Å². The van der Waals surface area contributed by atoms with Gasteiger partial charge in [-0.25, -0.2) is 0 Å². The van der Waals surface area contributed by atoms with Crippen molar-refractivity contribution in [3.63, 3.8) is 0 Å². The number of methoxy groups -OCH3 is 2. The predicted octanol–water partition coefficient (Wildman–Crippen LogP) is 2.94. The molecule has 0 radical (unpaired) electrons. The van der Waals surface area contributed by atoms with Crippen LogP contribution in [0.4, 0.5) is 20.2 Å². The smallest absolute Gasteiger partial charge is 0.387 e. The molecule has 0 bridgehead atoms. The summed E-state index contributed by atoms with van der Waals surface area (Å²) in [7, 11) is 2.96. The summed E-state index contributed by atoms with van der Waals surface area (Å²) in [5.74, 6) is 1.38. The summed E-state index contributed by atoms with van der Waals surface area (Å²) in [6.07, 6.45) is 3.24. The highest BCUT2D eigenvalue weighted by molar-refractivity contribution is 6.13. The van der Waals surface area contributed by atoms with E-state index >= 15 is 0 Å². The average Bonchev–Trinajstić information content (AvgIpc) is 3.04. The van der Waals surface area contributed by atoms with Crippen molar-refractivity contribution in [2.24, 2.45) is 4.99 Å². The van der Waals surface area contributed by atoms with Crippen LogP contribution in [0.2, 0.25) is 0 Å². The molecule has 0 aliphatic carbocycles. The first kappa shape index (κ1) is 18.7. The van der Waals surface area contributed by atoms with Crippen molar-refractivity contribution in [1.29, 1.82) is 0 Å². The van der Waals surface area contributed by atoms with Crippen LogP contribution < -0.4 is 24.8 Å². The number of aliphatic imine (C=N–C) groups is 1. The van der Waals surface area contributed by atoms with Crippen molar-refractivity contribution in [3.8, 4) is 17.2 Å². The predicted molar refractivity (Wildman–Crippen MR) is 98.2 cm³/mol. The lowest BCUT2D eigenvalue weighted by Crippen LogP contribution is -2.30. The Hall–Kier alpha value is -3.10. The summed E-state index contributed by atoms with van der Waals surface area (Å²) >= 11 is 0. The third-order valence-electron chi connectivity index (χ3n) is 4.08. The third kappa shape index (κ3) is 3.86. The highest BCUT2D eigenvalue weighted by Crippen LogP contribution is 2.39. The number of benzene rings is 1. The largest absolute Gasteiger partial charge is 0.495 e. The number of ether oxygens (including phenoxy) is 3. The molecule has 2 N–H and O–H groups in total. The van der Waals surface area contributed by atoms with Crippen LogP contribution in [-0.4, -0.2) is 44.2 Å². The van der Waals surface area contributed by atoms with E-state index in [9.17, 15) is 8.78 Å². The fourth-order valence-corrected chi connectivity index (χ4v) is 2.92. The quantitative estimate of drug-likeness (QED) is 0.779. The minimum absolute atomic E-state index is 0.0312. The molecular formula is C18H20F2N4O3. The Morgan fingerprint density at radius 2 is 1.93 bits per heavy atom. The molecule has 0 saturated heterocycles. The van der Waals surface area contributed by atoms with E-state index in [4.69, 9.17) is 15.2 Å². The number of aromatic nitrogens is 1.